The monoisotopic (exact) mass is 462 g/mol. The predicted molar refractivity (Wildman–Crippen MR) is 131 cm³/mol. The SMILES string of the molecule is CNC(=O)C(Cc1ccccc1)N(Cc1ccccc1F)C(=O)COc1cc(C)cc(C)c1C. The van der Waals surface area contributed by atoms with Crippen LogP contribution in [0.1, 0.15) is 27.8 Å². The molecule has 0 saturated carbocycles. The lowest BCUT2D eigenvalue weighted by Gasteiger charge is -2.31. The van der Waals surface area contributed by atoms with E-state index in [4.69, 9.17) is 4.74 Å². The normalized spacial score (nSPS) is 11.6. The van der Waals surface area contributed by atoms with Crippen molar-refractivity contribution in [2.45, 2.75) is 39.8 Å². The zero-order valence-electron chi connectivity index (χ0n) is 20.1. The number of halogens is 1. The highest BCUT2D eigenvalue weighted by atomic mass is 19.1. The molecule has 3 aromatic carbocycles. The van der Waals surface area contributed by atoms with Crippen LogP contribution in [0.3, 0.4) is 0 Å². The highest BCUT2D eigenvalue weighted by Crippen LogP contribution is 2.24. The number of hydrogen-bond donors (Lipinski definition) is 1. The summed E-state index contributed by atoms with van der Waals surface area (Å²) >= 11 is 0. The molecule has 1 atom stereocenters. The molecule has 0 saturated heterocycles. The summed E-state index contributed by atoms with van der Waals surface area (Å²) in [6.45, 7) is 5.58. The van der Waals surface area contributed by atoms with Gasteiger partial charge in [-0.1, -0.05) is 54.6 Å². The molecule has 0 aliphatic heterocycles. The molecule has 0 heterocycles. The Balaban J connectivity index is 1.92. The number of nitrogens with one attached hydrogen (secondary N) is 1. The summed E-state index contributed by atoms with van der Waals surface area (Å²) < 4.78 is 20.4. The van der Waals surface area contributed by atoms with E-state index in [-0.39, 0.29) is 19.1 Å². The van der Waals surface area contributed by atoms with Gasteiger partial charge >= 0.3 is 0 Å². The van der Waals surface area contributed by atoms with Gasteiger partial charge in [0.15, 0.2) is 6.61 Å². The average molecular weight is 463 g/mol. The number of benzene rings is 3. The van der Waals surface area contributed by atoms with E-state index < -0.39 is 17.8 Å². The summed E-state index contributed by atoms with van der Waals surface area (Å²) in [5.74, 6) is -0.527. The Labute approximate surface area is 200 Å². The minimum absolute atomic E-state index is 0.0500. The second-order valence-corrected chi connectivity index (χ2v) is 8.43. The van der Waals surface area contributed by atoms with Gasteiger partial charge in [0.2, 0.25) is 5.91 Å². The third kappa shape index (κ3) is 6.22. The summed E-state index contributed by atoms with van der Waals surface area (Å²) in [4.78, 5) is 27.8. The highest BCUT2D eigenvalue weighted by molar-refractivity contribution is 5.88. The summed E-state index contributed by atoms with van der Waals surface area (Å²) in [5, 5.41) is 2.65. The van der Waals surface area contributed by atoms with Gasteiger partial charge in [0.1, 0.15) is 17.6 Å². The van der Waals surface area contributed by atoms with E-state index >= 15 is 0 Å². The van der Waals surface area contributed by atoms with Crippen LogP contribution in [0.25, 0.3) is 0 Å². The molecule has 0 aliphatic carbocycles. The molecule has 6 heteroatoms. The molecule has 1 unspecified atom stereocenters. The molecule has 3 aromatic rings. The van der Waals surface area contributed by atoms with Gasteiger partial charge in [0.25, 0.3) is 5.91 Å². The van der Waals surface area contributed by atoms with Crippen molar-refractivity contribution in [2.75, 3.05) is 13.7 Å². The number of carbonyl (C=O) groups is 2. The van der Waals surface area contributed by atoms with Crippen LogP contribution in [-0.4, -0.2) is 36.4 Å². The Kier molecular flexibility index (Phi) is 8.41. The van der Waals surface area contributed by atoms with Crippen molar-refractivity contribution in [3.63, 3.8) is 0 Å². The molecule has 0 fully saturated rings. The van der Waals surface area contributed by atoms with E-state index in [9.17, 15) is 14.0 Å². The van der Waals surface area contributed by atoms with Crippen molar-refractivity contribution in [3.8, 4) is 5.75 Å². The van der Waals surface area contributed by atoms with E-state index in [0.717, 1.165) is 22.3 Å². The van der Waals surface area contributed by atoms with Crippen LogP contribution < -0.4 is 10.1 Å². The molecule has 0 aromatic heterocycles. The molecule has 34 heavy (non-hydrogen) atoms. The van der Waals surface area contributed by atoms with Crippen LogP contribution in [-0.2, 0) is 22.6 Å². The van der Waals surface area contributed by atoms with Gasteiger partial charge in [-0.2, -0.15) is 0 Å². The smallest absolute Gasteiger partial charge is 0.261 e. The number of likely N-dealkylation sites (N-methyl/N-ethyl adjacent to an activating group) is 1. The molecule has 3 rings (SSSR count). The first-order chi connectivity index (χ1) is 16.3. The van der Waals surface area contributed by atoms with Crippen molar-refractivity contribution in [3.05, 3.63) is 100 Å². The lowest BCUT2D eigenvalue weighted by molar-refractivity contribution is -0.142. The van der Waals surface area contributed by atoms with Crippen molar-refractivity contribution in [1.29, 1.82) is 0 Å². The Morgan fingerprint density at radius 2 is 1.68 bits per heavy atom. The molecule has 2 amide bonds. The van der Waals surface area contributed by atoms with Gasteiger partial charge in [-0.15, -0.1) is 0 Å². The molecule has 0 radical (unpaired) electrons. The maximum absolute atomic E-state index is 14.5. The van der Waals surface area contributed by atoms with Crippen molar-refractivity contribution in [1.82, 2.24) is 10.2 Å². The number of aryl methyl sites for hydroxylation is 2. The van der Waals surface area contributed by atoms with Gasteiger partial charge < -0.3 is 15.0 Å². The third-order valence-electron chi connectivity index (χ3n) is 5.93. The first kappa shape index (κ1) is 25.0. The Bertz CT molecular complexity index is 1150. The lowest BCUT2D eigenvalue weighted by Crippen LogP contribution is -2.51. The third-order valence-corrected chi connectivity index (χ3v) is 5.93. The van der Waals surface area contributed by atoms with Crippen LogP contribution in [0, 0.1) is 26.6 Å². The molecule has 178 valence electrons. The molecule has 1 N–H and O–H groups in total. The maximum Gasteiger partial charge on any atom is 0.261 e. The lowest BCUT2D eigenvalue weighted by atomic mass is 10.0. The van der Waals surface area contributed by atoms with Gasteiger partial charge in [-0.25, -0.2) is 4.39 Å². The van der Waals surface area contributed by atoms with E-state index in [1.807, 2.05) is 57.2 Å². The number of carbonyl (C=O) groups excluding carboxylic acids is 2. The Hall–Kier alpha value is -3.67. The number of rotatable bonds is 9. The molecule has 0 spiro atoms. The molecule has 5 nitrogen and oxygen atoms in total. The number of ether oxygens (including phenoxy) is 1. The summed E-state index contributed by atoms with van der Waals surface area (Å²) in [5.41, 5.74) is 4.28. The second-order valence-electron chi connectivity index (χ2n) is 8.43. The van der Waals surface area contributed by atoms with E-state index in [2.05, 4.69) is 11.4 Å². The zero-order valence-corrected chi connectivity index (χ0v) is 20.1. The fourth-order valence-electron chi connectivity index (χ4n) is 3.90. The first-order valence-electron chi connectivity index (χ1n) is 11.3. The summed E-state index contributed by atoms with van der Waals surface area (Å²) in [7, 11) is 1.53. The Morgan fingerprint density at radius 3 is 2.35 bits per heavy atom. The number of hydrogen-bond acceptors (Lipinski definition) is 3. The van der Waals surface area contributed by atoms with E-state index in [1.165, 1.54) is 18.0 Å². The van der Waals surface area contributed by atoms with Gasteiger partial charge in [0, 0.05) is 25.6 Å². The minimum Gasteiger partial charge on any atom is -0.483 e. The molecular weight excluding hydrogens is 431 g/mol. The molecular formula is C28H31FN2O3. The van der Waals surface area contributed by atoms with E-state index in [1.54, 1.807) is 18.2 Å². The van der Waals surface area contributed by atoms with Crippen molar-refractivity contribution in [2.24, 2.45) is 0 Å². The molecule has 0 aliphatic rings. The number of nitrogens with zero attached hydrogens (tertiary/aromatic N) is 1. The minimum atomic E-state index is -0.830. The van der Waals surface area contributed by atoms with Crippen LogP contribution in [0.15, 0.2) is 66.7 Å². The zero-order chi connectivity index (χ0) is 24.7. The maximum atomic E-state index is 14.5. The van der Waals surface area contributed by atoms with Crippen molar-refractivity contribution >= 4 is 11.8 Å². The number of amides is 2. The van der Waals surface area contributed by atoms with Crippen molar-refractivity contribution < 1.29 is 18.7 Å². The standard InChI is InChI=1S/C28H31FN2O3/c1-19-14-20(2)21(3)26(15-19)34-18-27(32)31(17-23-12-8-9-13-24(23)29)25(28(33)30-4)16-22-10-6-5-7-11-22/h5-15,25H,16-18H2,1-4H3,(H,30,33). The topological polar surface area (TPSA) is 58.6 Å². The van der Waals surface area contributed by atoms with Crippen LogP contribution in [0.2, 0.25) is 0 Å². The van der Waals surface area contributed by atoms with Crippen LogP contribution in [0.4, 0.5) is 4.39 Å². The summed E-state index contributed by atoms with van der Waals surface area (Å²) in [6, 6.07) is 18.8. The van der Waals surface area contributed by atoms with Gasteiger partial charge in [0.05, 0.1) is 0 Å². The van der Waals surface area contributed by atoms with Crippen LogP contribution in [0.5, 0.6) is 5.75 Å². The van der Waals surface area contributed by atoms with Gasteiger partial charge in [-0.3, -0.25) is 9.59 Å². The van der Waals surface area contributed by atoms with E-state index in [0.29, 0.717) is 17.7 Å². The Morgan fingerprint density at radius 1 is 1.00 bits per heavy atom. The fraction of sp³-hybridized carbons (Fsp3) is 0.286. The first-order valence-corrected chi connectivity index (χ1v) is 11.3. The van der Waals surface area contributed by atoms with Crippen LogP contribution >= 0.6 is 0 Å². The molecule has 0 bridgehead atoms. The second kappa shape index (κ2) is 11.5. The highest BCUT2D eigenvalue weighted by Gasteiger charge is 2.30. The largest absolute Gasteiger partial charge is 0.483 e. The quantitative estimate of drug-likeness (QED) is 0.509. The fourth-order valence-corrected chi connectivity index (χ4v) is 3.90. The summed E-state index contributed by atoms with van der Waals surface area (Å²) in [6.07, 6.45) is 0.295. The van der Waals surface area contributed by atoms with Gasteiger partial charge in [-0.05, 0) is 55.2 Å². The average Bonchev–Trinajstić information content (AvgIpc) is 2.83. The predicted octanol–water partition coefficient (Wildman–Crippen LogP) is 4.52.